The van der Waals surface area contributed by atoms with Crippen LogP contribution in [0.15, 0.2) is 80.7 Å². The number of benzene rings is 3. The van der Waals surface area contributed by atoms with Gasteiger partial charge in [-0.1, -0.05) is 83.0 Å². The number of carbonyl (C=O) groups excluding carboxylic acids is 1. The van der Waals surface area contributed by atoms with Gasteiger partial charge in [-0.25, -0.2) is 13.2 Å². The highest BCUT2D eigenvalue weighted by molar-refractivity contribution is 9.10. The molecule has 254 valence electrons. The summed E-state index contributed by atoms with van der Waals surface area (Å²) in [5.74, 6) is 1.38. The minimum Gasteiger partial charge on any atom is -0.493 e. The predicted molar refractivity (Wildman–Crippen MR) is 199 cm³/mol. The molecule has 8 nitrogen and oxygen atoms in total. The van der Waals surface area contributed by atoms with E-state index in [2.05, 4.69) is 93.9 Å². The van der Waals surface area contributed by atoms with Crippen molar-refractivity contribution in [3.8, 4) is 5.75 Å². The molecule has 3 aromatic rings. The molecule has 0 radical (unpaired) electrons. The average molecular weight is 811 g/mol. The van der Waals surface area contributed by atoms with E-state index < -0.39 is 15.9 Å². The molecule has 0 unspecified atom stereocenters. The first kappa shape index (κ1) is 37.4. The zero-order valence-electron chi connectivity index (χ0n) is 27.4. The topological polar surface area (TPSA) is 82.5 Å². The van der Waals surface area contributed by atoms with Crippen molar-refractivity contribution in [1.82, 2.24) is 14.7 Å². The molecule has 2 aliphatic rings. The number of rotatable bonds is 8. The Bertz CT molecular complexity index is 1690. The van der Waals surface area contributed by atoms with E-state index in [-0.39, 0.29) is 35.6 Å². The molecule has 5 rings (SSSR count). The maximum absolute atomic E-state index is 14.8. The maximum atomic E-state index is 14.8. The zero-order chi connectivity index (χ0) is 33.2. The third-order valence-electron chi connectivity index (χ3n) is 8.51. The molecule has 2 heterocycles. The molecule has 0 spiro atoms. The summed E-state index contributed by atoms with van der Waals surface area (Å²) >= 11 is 7.14. The molecule has 2 aliphatic heterocycles. The molecule has 1 fully saturated rings. The molecule has 47 heavy (non-hydrogen) atoms. The normalized spacial score (nSPS) is 18.9. The minimum atomic E-state index is -3.07. The van der Waals surface area contributed by atoms with E-state index in [0.717, 1.165) is 31.2 Å². The van der Waals surface area contributed by atoms with Gasteiger partial charge in [-0.3, -0.25) is 14.8 Å². The third kappa shape index (κ3) is 8.97. The van der Waals surface area contributed by atoms with Crippen molar-refractivity contribution in [1.29, 1.82) is 0 Å². The Hall–Kier alpha value is -2.44. The molecular weight excluding hydrogens is 768 g/mol. The number of sulfone groups is 1. The van der Waals surface area contributed by atoms with E-state index in [1.54, 1.807) is 0 Å². The van der Waals surface area contributed by atoms with E-state index >= 15 is 0 Å². The van der Waals surface area contributed by atoms with Crippen LogP contribution in [0.5, 0.6) is 5.75 Å². The second kappa shape index (κ2) is 15.4. The van der Waals surface area contributed by atoms with E-state index in [1.807, 2.05) is 47.1 Å². The number of piperazine rings is 1. The third-order valence-corrected chi connectivity index (χ3v) is 10.5. The number of nitrogens with zero attached hydrogens (tertiary/aromatic N) is 4. The van der Waals surface area contributed by atoms with E-state index in [0.29, 0.717) is 50.9 Å². The summed E-state index contributed by atoms with van der Waals surface area (Å²) in [6.07, 6.45) is 1.26. The van der Waals surface area contributed by atoms with Gasteiger partial charge in [0.25, 0.3) is 0 Å². The van der Waals surface area contributed by atoms with Crippen LogP contribution in [0.2, 0.25) is 0 Å². The fourth-order valence-electron chi connectivity index (χ4n) is 5.91. The van der Waals surface area contributed by atoms with Crippen LogP contribution in [0, 0.1) is 0 Å². The van der Waals surface area contributed by atoms with E-state index in [4.69, 9.17) is 9.73 Å². The molecule has 0 saturated carbocycles. The first-order valence-corrected chi connectivity index (χ1v) is 19.2. The lowest BCUT2D eigenvalue weighted by atomic mass is 9.86. The fraction of sp³-hybridized carbons (Fsp3) is 0.429. The molecular formula is C35H43Br2ClN4O4S. The van der Waals surface area contributed by atoms with E-state index in [1.165, 1.54) is 6.26 Å². The lowest BCUT2D eigenvalue weighted by Gasteiger charge is -2.39. The maximum Gasteiger partial charge on any atom is 0.326 e. The molecule has 0 bridgehead atoms. The Balaban J connectivity index is 0.00000500. The van der Waals surface area contributed by atoms with E-state index in [9.17, 15) is 13.2 Å². The van der Waals surface area contributed by atoms with Gasteiger partial charge in [-0.05, 0) is 65.4 Å². The van der Waals surface area contributed by atoms with Crippen LogP contribution in [0.3, 0.4) is 0 Å². The fourth-order valence-corrected chi connectivity index (χ4v) is 7.03. The number of ether oxygens (including phenoxy) is 1. The van der Waals surface area contributed by atoms with Crippen molar-refractivity contribution in [2.24, 2.45) is 4.99 Å². The van der Waals surface area contributed by atoms with Crippen molar-refractivity contribution in [3.63, 3.8) is 0 Å². The number of halogens is 3. The van der Waals surface area contributed by atoms with Gasteiger partial charge in [0.2, 0.25) is 0 Å². The number of hydrogen-bond acceptors (Lipinski definition) is 6. The second-order valence-corrected chi connectivity index (χ2v) is 17.0. The van der Waals surface area contributed by atoms with Crippen molar-refractivity contribution >= 4 is 66.0 Å². The highest BCUT2D eigenvalue weighted by Gasteiger charge is 2.45. The summed E-state index contributed by atoms with van der Waals surface area (Å²) in [5.41, 5.74) is 3.79. The summed E-state index contributed by atoms with van der Waals surface area (Å²) in [4.78, 5) is 26.0. The Morgan fingerprint density at radius 3 is 2.02 bits per heavy atom. The lowest BCUT2D eigenvalue weighted by Crippen LogP contribution is -2.54. The first-order valence-electron chi connectivity index (χ1n) is 15.6. The van der Waals surface area contributed by atoms with Crippen LogP contribution in [0.1, 0.15) is 62.0 Å². The number of amidine groups is 1. The quantitative estimate of drug-likeness (QED) is 0.234. The predicted octanol–water partition coefficient (Wildman–Crippen LogP) is 7.66. The van der Waals surface area contributed by atoms with Gasteiger partial charge in [-0.15, -0.1) is 12.4 Å². The summed E-state index contributed by atoms with van der Waals surface area (Å²) in [6.45, 7) is 11.6. The molecule has 12 heteroatoms. The smallest absolute Gasteiger partial charge is 0.326 e. The monoisotopic (exact) mass is 808 g/mol. The Morgan fingerprint density at radius 2 is 1.49 bits per heavy atom. The van der Waals surface area contributed by atoms with Gasteiger partial charge in [-0.2, -0.15) is 0 Å². The Morgan fingerprint density at radius 1 is 0.915 bits per heavy atom. The summed E-state index contributed by atoms with van der Waals surface area (Å²) in [7, 11) is -3.07. The molecule has 3 aromatic carbocycles. The molecule has 1 saturated heterocycles. The van der Waals surface area contributed by atoms with Crippen LogP contribution in [0.25, 0.3) is 0 Å². The zero-order valence-corrected chi connectivity index (χ0v) is 32.3. The van der Waals surface area contributed by atoms with Crippen LogP contribution in [-0.4, -0.2) is 86.3 Å². The number of urea groups is 1. The highest BCUT2D eigenvalue weighted by atomic mass is 79.9. The van der Waals surface area contributed by atoms with Gasteiger partial charge in [0.15, 0.2) is 0 Å². The number of amides is 2. The minimum absolute atomic E-state index is 0. The number of carbonyl (C=O) groups is 1. The Kier molecular flexibility index (Phi) is 12.3. The molecule has 0 N–H and O–H groups in total. The average Bonchev–Trinajstić information content (AvgIpc) is 3.40. The van der Waals surface area contributed by atoms with Gasteiger partial charge >= 0.3 is 6.03 Å². The molecule has 2 amide bonds. The first-order chi connectivity index (χ1) is 21.7. The van der Waals surface area contributed by atoms with Crippen LogP contribution in [-0.2, 0) is 15.3 Å². The van der Waals surface area contributed by atoms with Crippen LogP contribution >= 0.6 is 44.3 Å². The van der Waals surface area contributed by atoms with Gasteiger partial charge in [0.05, 0.1) is 24.0 Å². The molecule has 0 aliphatic carbocycles. The molecule has 0 aromatic heterocycles. The van der Waals surface area contributed by atoms with Gasteiger partial charge in [0.1, 0.15) is 27.5 Å². The second-order valence-electron chi connectivity index (χ2n) is 13.0. The van der Waals surface area contributed by atoms with Crippen molar-refractivity contribution in [3.05, 3.63) is 97.9 Å². The number of hydrogen-bond donors (Lipinski definition) is 0. The van der Waals surface area contributed by atoms with Crippen LogP contribution < -0.4 is 4.74 Å². The Labute approximate surface area is 302 Å². The summed E-state index contributed by atoms with van der Waals surface area (Å²) < 4.78 is 31.7. The number of aliphatic imine (C=N–C) groups is 1. The summed E-state index contributed by atoms with van der Waals surface area (Å²) in [5, 5.41) is 0. The standard InChI is InChI=1S/C35H42Br2N4O4S.ClH/c1-6-45-30-23-26(35(2,3)4)11-16-29(30)33-38-31(24-7-12-27(36)13-8-24)32(25-9-14-28(37)15-10-25)41(33)34(42)40-19-17-39(18-20-40)21-22-46(5,43)44;/h7-16,23,31-32H,6,17-22H2,1-5H3;1H/t31-,32+;/m0./s1. The van der Waals surface area contributed by atoms with Crippen LogP contribution in [0.4, 0.5) is 4.79 Å². The highest BCUT2D eigenvalue weighted by Crippen LogP contribution is 2.46. The largest absolute Gasteiger partial charge is 0.493 e. The van der Waals surface area contributed by atoms with Crippen molar-refractivity contribution < 1.29 is 17.9 Å². The van der Waals surface area contributed by atoms with Gasteiger partial charge < -0.3 is 9.64 Å². The summed E-state index contributed by atoms with van der Waals surface area (Å²) in [6, 6.07) is 21.6. The van der Waals surface area contributed by atoms with Crippen molar-refractivity contribution in [2.45, 2.75) is 45.2 Å². The molecule has 2 atom stereocenters. The van der Waals surface area contributed by atoms with Gasteiger partial charge in [0, 0.05) is 47.9 Å². The SMILES string of the molecule is CCOc1cc(C(C)(C)C)ccc1C1=N[C@@H](c2ccc(Br)cc2)[C@@H](c2ccc(Br)cc2)N1C(=O)N1CCN(CCS(C)(=O)=O)CC1.Cl. The lowest BCUT2D eigenvalue weighted by molar-refractivity contribution is 0.122. The van der Waals surface area contributed by atoms with Crippen molar-refractivity contribution in [2.75, 3.05) is 51.3 Å².